The minimum Gasteiger partial charge on any atom is -0.324 e. The Kier molecular flexibility index (Phi) is 3.94. The van der Waals surface area contributed by atoms with Crippen LogP contribution in [-0.2, 0) is 0 Å². The van der Waals surface area contributed by atoms with Crippen LogP contribution in [0.25, 0.3) is 10.8 Å². The average Bonchev–Trinajstić information content (AvgIpc) is 2.61. The van der Waals surface area contributed by atoms with E-state index in [4.69, 9.17) is 0 Å². The molecule has 0 radical (unpaired) electrons. The second-order valence-electron chi connectivity index (χ2n) is 7.00. The summed E-state index contributed by atoms with van der Waals surface area (Å²) < 4.78 is 0. The number of hydrogen-bond acceptors (Lipinski definition) is 1. The van der Waals surface area contributed by atoms with Gasteiger partial charge in [-0.3, -0.25) is 0 Å². The van der Waals surface area contributed by atoms with Gasteiger partial charge in [0.15, 0.2) is 0 Å². The number of urea groups is 1. The summed E-state index contributed by atoms with van der Waals surface area (Å²) >= 11 is 0. The van der Waals surface area contributed by atoms with Gasteiger partial charge in [0.25, 0.3) is 0 Å². The second-order valence-corrected chi connectivity index (χ2v) is 7.00. The van der Waals surface area contributed by atoms with E-state index in [1.165, 1.54) is 32.1 Å². The molecule has 0 unspecified atom stereocenters. The van der Waals surface area contributed by atoms with E-state index >= 15 is 0 Å². The third kappa shape index (κ3) is 2.92. The number of likely N-dealkylation sites (tertiary alicyclic amines) is 1. The van der Waals surface area contributed by atoms with Crippen molar-refractivity contribution in [1.82, 2.24) is 4.90 Å². The van der Waals surface area contributed by atoms with E-state index in [-0.39, 0.29) is 6.03 Å². The Morgan fingerprint density at radius 3 is 2.65 bits per heavy atom. The largest absolute Gasteiger partial charge is 0.324 e. The van der Waals surface area contributed by atoms with E-state index in [0.29, 0.717) is 0 Å². The molecule has 1 aliphatic heterocycles. The predicted octanol–water partition coefficient (Wildman–Crippen LogP) is 4.88. The molecule has 0 spiro atoms. The third-order valence-electron chi connectivity index (χ3n) is 5.61. The molecule has 2 aromatic rings. The highest BCUT2D eigenvalue weighted by molar-refractivity contribution is 6.01. The van der Waals surface area contributed by atoms with Crippen molar-refractivity contribution in [1.29, 1.82) is 0 Å². The van der Waals surface area contributed by atoms with Crippen molar-refractivity contribution in [3.05, 3.63) is 42.5 Å². The van der Waals surface area contributed by atoms with Crippen molar-refractivity contribution in [3.63, 3.8) is 0 Å². The van der Waals surface area contributed by atoms with Crippen LogP contribution in [-0.4, -0.2) is 24.0 Å². The molecule has 0 bridgehead atoms. The first-order chi connectivity index (χ1) is 11.3. The van der Waals surface area contributed by atoms with Crippen LogP contribution >= 0.6 is 0 Å². The van der Waals surface area contributed by atoms with Crippen molar-refractivity contribution in [2.24, 2.45) is 11.8 Å². The van der Waals surface area contributed by atoms with E-state index in [9.17, 15) is 4.79 Å². The van der Waals surface area contributed by atoms with Crippen LogP contribution in [0.2, 0.25) is 0 Å². The molecule has 4 rings (SSSR count). The molecule has 1 N–H and O–H groups in total. The number of benzene rings is 2. The molecule has 2 amide bonds. The van der Waals surface area contributed by atoms with Gasteiger partial charge in [-0.2, -0.15) is 0 Å². The quantitative estimate of drug-likeness (QED) is 0.799. The number of nitrogens with one attached hydrogen (secondary N) is 1. The highest BCUT2D eigenvalue weighted by atomic mass is 16.2. The van der Waals surface area contributed by atoms with Crippen molar-refractivity contribution in [2.45, 2.75) is 32.1 Å². The zero-order valence-electron chi connectivity index (χ0n) is 13.5. The topological polar surface area (TPSA) is 32.3 Å². The summed E-state index contributed by atoms with van der Waals surface area (Å²) in [6.45, 7) is 1.83. The Hall–Kier alpha value is -2.03. The highest BCUT2D eigenvalue weighted by Gasteiger charge is 2.32. The number of hydrogen-bond donors (Lipinski definition) is 1. The van der Waals surface area contributed by atoms with Gasteiger partial charge in [-0.05, 0) is 36.1 Å². The molecule has 3 heteroatoms. The predicted molar refractivity (Wildman–Crippen MR) is 94.6 cm³/mol. The van der Waals surface area contributed by atoms with Crippen LogP contribution in [0.4, 0.5) is 10.5 Å². The van der Waals surface area contributed by atoms with E-state index < -0.39 is 0 Å². The molecule has 120 valence electrons. The lowest BCUT2D eigenvalue weighted by atomic mass is 9.75. The summed E-state index contributed by atoms with van der Waals surface area (Å²) in [7, 11) is 0. The van der Waals surface area contributed by atoms with Crippen LogP contribution in [0.5, 0.6) is 0 Å². The number of rotatable bonds is 1. The van der Waals surface area contributed by atoms with Crippen molar-refractivity contribution < 1.29 is 4.79 Å². The monoisotopic (exact) mass is 308 g/mol. The van der Waals surface area contributed by atoms with Gasteiger partial charge in [-0.1, -0.05) is 55.7 Å². The maximum atomic E-state index is 12.7. The van der Waals surface area contributed by atoms with Gasteiger partial charge in [0.05, 0.1) is 5.69 Å². The molecular formula is C20H24N2O. The Morgan fingerprint density at radius 1 is 0.957 bits per heavy atom. The van der Waals surface area contributed by atoms with Gasteiger partial charge in [0, 0.05) is 18.5 Å². The zero-order chi connectivity index (χ0) is 15.6. The molecular weight excluding hydrogens is 284 g/mol. The number of carbonyl (C=O) groups excluding carboxylic acids is 1. The second kappa shape index (κ2) is 6.23. The fourth-order valence-electron chi connectivity index (χ4n) is 4.31. The number of fused-ring (bicyclic) bond motifs is 2. The van der Waals surface area contributed by atoms with Crippen LogP contribution in [0.1, 0.15) is 32.1 Å². The van der Waals surface area contributed by atoms with Crippen LogP contribution in [0.3, 0.4) is 0 Å². The summed E-state index contributed by atoms with van der Waals surface area (Å²) in [6, 6.07) is 14.3. The van der Waals surface area contributed by atoms with E-state index in [2.05, 4.69) is 23.5 Å². The maximum Gasteiger partial charge on any atom is 0.321 e. The van der Waals surface area contributed by atoms with E-state index in [0.717, 1.165) is 41.4 Å². The van der Waals surface area contributed by atoms with Crippen molar-refractivity contribution in [3.8, 4) is 0 Å². The van der Waals surface area contributed by atoms with Crippen molar-refractivity contribution in [2.75, 3.05) is 18.4 Å². The minimum absolute atomic E-state index is 0.0605. The van der Waals surface area contributed by atoms with Gasteiger partial charge < -0.3 is 10.2 Å². The molecule has 1 saturated carbocycles. The minimum atomic E-state index is 0.0605. The summed E-state index contributed by atoms with van der Waals surface area (Å²) in [6.07, 6.45) is 6.54. The van der Waals surface area contributed by atoms with E-state index in [1.807, 2.05) is 29.2 Å². The number of nitrogens with zero attached hydrogens (tertiary/aromatic N) is 1. The van der Waals surface area contributed by atoms with Crippen LogP contribution in [0.15, 0.2) is 42.5 Å². The average molecular weight is 308 g/mol. The number of carbonyl (C=O) groups is 1. The summed E-state index contributed by atoms with van der Waals surface area (Å²) in [4.78, 5) is 14.7. The van der Waals surface area contributed by atoms with Crippen LogP contribution < -0.4 is 5.32 Å². The molecule has 2 fully saturated rings. The number of piperidine rings is 1. The van der Waals surface area contributed by atoms with Gasteiger partial charge in [-0.25, -0.2) is 4.79 Å². The lowest BCUT2D eigenvalue weighted by Crippen LogP contribution is -2.46. The van der Waals surface area contributed by atoms with Gasteiger partial charge in [0.2, 0.25) is 0 Å². The fourth-order valence-corrected chi connectivity index (χ4v) is 4.31. The van der Waals surface area contributed by atoms with Gasteiger partial charge >= 0.3 is 6.03 Å². The molecule has 2 atom stereocenters. The van der Waals surface area contributed by atoms with Gasteiger partial charge in [0.1, 0.15) is 0 Å². The normalized spacial score (nSPS) is 24.3. The molecule has 23 heavy (non-hydrogen) atoms. The Balaban J connectivity index is 1.49. The van der Waals surface area contributed by atoms with Crippen molar-refractivity contribution >= 4 is 22.5 Å². The van der Waals surface area contributed by atoms with E-state index in [1.54, 1.807) is 0 Å². The lowest BCUT2D eigenvalue weighted by Gasteiger charge is -2.41. The van der Waals surface area contributed by atoms with Gasteiger partial charge in [-0.15, -0.1) is 0 Å². The molecule has 3 nitrogen and oxygen atoms in total. The molecule has 1 saturated heterocycles. The first kappa shape index (κ1) is 14.6. The number of anilines is 1. The smallest absolute Gasteiger partial charge is 0.321 e. The first-order valence-electron chi connectivity index (χ1n) is 8.85. The molecule has 2 aliphatic rings. The SMILES string of the molecule is O=C(Nc1cccc2ccccc12)N1CC[C@H]2CCCC[C@@H]2C1. The standard InChI is InChI=1S/C20H24N2O/c23-20(22-13-12-15-6-1-2-8-17(15)14-22)21-19-11-5-9-16-7-3-4-10-18(16)19/h3-5,7,9-11,15,17H,1-2,6,8,12-14H2,(H,21,23)/t15-,17-/m1/s1. The molecule has 1 aliphatic carbocycles. The third-order valence-corrected chi connectivity index (χ3v) is 5.61. The maximum absolute atomic E-state index is 12.7. The summed E-state index contributed by atoms with van der Waals surface area (Å²) in [5.41, 5.74) is 0.916. The van der Waals surface area contributed by atoms with Crippen LogP contribution in [0, 0.1) is 11.8 Å². The molecule has 0 aromatic heterocycles. The zero-order valence-corrected chi connectivity index (χ0v) is 13.5. The first-order valence-corrected chi connectivity index (χ1v) is 8.85. The fraction of sp³-hybridized carbons (Fsp3) is 0.450. The summed E-state index contributed by atoms with van der Waals surface area (Å²) in [5, 5.41) is 5.41. The molecule has 1 heterocycles. The number of amides is 2. The Morgan fingerprint density at radius 2 is 1.74 bits per heavy atom. The molecule has 2 aromatic carbocycles. The Labute approximate surface area is 137 Å². The lowest BCUT2D eigenvalue weighted by molar-refractivity contribution is 0.108. The Bertz CT molecular complexity index is 706. The summed E-state index contributed by atoms with van der Waals surface area (Å²) in [5.74, 6) is 1.57. The highest BCUT2D eigenvalue weighted by Crippen LogP contribution is 2.36.